The van der Waals surface area contributed by atoms with Gasteiger partial charge in [-0.3, -0.25) is 0 Å². The number of carbonyl (C=O) groups is 1. The Morgan fingerprint density at radius 3 is 2.48 bits per heavy atom. The molecule has 0 spiro atoms. The summed E-state index contributed by atoms with van der Waals surface area (Å²) in [5.74, 6) is 1.03. The largest absolute Gasteiger partial charge is 0.481 e. The van der Waals surface area contributed by atoms with Crippen molar-refractivity contribution < 1.29 is 19.0 Å². The third kappa shape index (κ3) is 4.56. The molecular formula is C14H15N5O4. The number of benzene rings is 1. The molecule has 0 unspecified atom stereocenters. The van der Waals surface area contributed by atoms with Gasteiger partial charge in [-0.1, -0.05) is 12.1 Å². The average molecular weight is 317 g/mol. The van der Waals surface area contributed by atoms with Gasteiger partial charge in [-0.25, -0.2) is 10.2 Å². The van der Waals surface area contributed by atoms with Gasteiger partial charge in [0.25, 0.3) is 0 Å². The summed E-state index contributed by atoms with van der Waals surface area (Å²) in [5, 5.41) is 3.69. The minimum Gasteiger partial charge on any atom is -0.481 e. The van der Waals surface area contributed by atoms with E-state index in [0.29, 0.717) is 23.1 Å². The Bertz CT molecular complexity index is 698. The third-order valence-corrected chi connectivity index (χ3v) is 2.58. The van der Waals surface area contributed by atoms with Crippen LogP contribution in [0.2, 0.25) is 0 Å². The Morgan fingerprint density at radius 2 is 1.87 bits per heavy atom. The highest BCUT2D eigenvalue weighted by atomic mass is 16.5. The number of rotatable bonds is 6. The van der Waals surface area contributed by atoms with Gasteiger partial charge < -0.3 is 19.9 Å². The summed E-state index contributed by atoms with van der Waals surface area (Å²) in [5.41, 5.74) is 7.63. The summed E-state index contributed by atoms with van der Waals surface area (Å²) in [4.78, 5) is 18.8. The highest BCUT2D eigenvalue weighted by Gasteiger charge is 2.09. The number of ether oxygens (including phenoxy) is 3. The van der Waals surface area contributed by atoms with Gasteiger partial charge in [0.15, 0.2) is 0 Å². The molecule has 2 amide bonds. The Balaban J connectivity index is 2.26. The number of amides is 2. The van der Waals surface area contributed by atoms with E-state index >= 15 is 0 Å². The Kier molecular flexibility index (Phi) is 5.29. The zero-order valence-electron chi connectivity index (χ0n) is 12.5. The molecule has 0 saturated carbocycles. The molecule has 0 aliphatic heterocycles. The molecule has 1 heterocycles. The van der Waals surface area contributed by atoms with Crippen molar-refractivity contribution in [2.75, 3.05) is 14.2 Å². The fraction of sp³-hybridized carbons (Fsp3) is 0.143. The van der Waals surface area contributed by atoms with Gasteiger partial charge in [0.1, 0.15) is 5.75 Å². The van der Waals surface area contributed by atoms with E-state index in [0.717, 1.165) is 0 Å². The average Bonchev–Trinajstić information content (AvgIpc) is 2.55. The topological polar surface area (TPSA) is 121 Å². The third-order valence-electron chi connectivity index (χ3n) is 2.58. The van der Waals surface area contributed by atoms with E-state index in [9.17, 15) is 4.79 Å². The quantitative estimate of drug-likeness (QED) is 0.611. The van der Waals surface area contributed by atoms with E-state index in [2.05, 4.69) is 20.5 Å². The number of methoxy groups -OCH3 is 2. The molecule has 0 aliphatic carbocycles. The Labute approximate surface area is 132 Å². The first-order valence-corrected chi connectivity index (χ1v) is 6.45. The minimum absolute atomic E-state index is 0.0462. The van der Waals surface area contributed by atoms with Crippen molar-refractivity contribution in [1.82, 2.24) is 15.4 Å². The van der Waals surface area contributed by atoms with Crippen LogP contribution in [0.15, 0.2) is 35.4 Å². The fourth-order valence-electron chi connectivity index (χ4n) is 1.58. The van der Waals surface area contributed by atoms with Crippen LogP contribution < -0.4 is 25.4 Å². The van der Waals surface area contributed by atoms with Crippen LogP contribution >= 0.6 is 0 Å². The standard InChI is InChI=1S/C14H15N5O4/c1-21-11-7-12(22-2)18-14(17-11)23-10-6-4-3-5-9(10)8-16-19-13(15)20/h3-8H,1-2H3,(H3,15,19,20)/b16-8+. The highest BCUT2D eigenvalue weighted by molar-refractivity contribution is 5.84. The van der Waals surface area contributed by atoms with Crippen molar-refractivity contribution in [3.63, 3.8) is 0 Å². The van der Waals surface area contributed by atoms with E-state index in [-0.39, 0.29) is 6.01 Å². The predicted molar refractivity (Wildman–Crippen MR) is 82.0 cm³/mol. The van der Waals surface area contributed by atoms with Gasteiger partial charge in [-0.05, 0) is 12.1 Å². The lowest BCUT2D eigenvalue weighted by atomic mass is 10.2. The maximum Gasteiger partial charge on any atom is 0.332 e. The number of aromatic nitrogens is 2. The summed E-state index contributed by atoms with van der Waals surface area (Å²) in [6, 6.07) is 7.79. The number of primary amides is 1. The van der Waals surface area contributed by atoms with Crippen LogP contribution in [0.3, 0.4) is 0 Å². The van der Waals surface area contributed by atoms with Crippen LogP contribution in [0.5, 0.6) is 23.5 Å². The lowest BCUT2D eigenvalue weighted by Crippen LogP contribution is -2.24. The highest BCUT2D eigenvalue weighted by Crippen LogP contribution is 2.25. The number of carbonyl (C=O) groups excluding carboxylic acids is 1. The second-order valence-electron chi connectivity index (χ2n) is 4.11. The molecule has 0 fully saturated rings. The predicted octanol–water partition coefficient (Wildman–Crippen LogP) is 1.29. The fourth-order valence-corrected chi connectivity index (χ4v) is 1.58. The second-order valence-corrected chi connectivity index (χ2v) is 4.11. The van der Waals surface area contributed by atoms with E-state index < -0.39 is 6.03 Å². The lowest BCUT2D eigenvalue weighted by molar-refractivity contribution is 0.249. The van der Waals surface area contributed by atoms with Gasteiger partial charge >= 0.3 is 12.0 Å². The maximum atomic E-state index is 10.6. The molecule has 23 heavy (non-hydrogen) atoms. The number of para-hydroxylation sites is 1. The van der Waals surface area contributed by atoms with Crippen molar-refractivity contribution in [2.24, 2.45) is 10.8 Å². The van der Waals surface area contributed by atoms with E-state index in [4.69, 9.17) is 19.9 Å². The molecule has 0 bridgehead atoms. The van der Waals surface area contributed by atoms with Crippen LogP contribution in [-0.4, -0.2) is 36.4 Å². The summed E-state index contributed by atoms with van der Waals surface area (Å²) < 4.78 is 15.8. The molecule has 2 rings (SSSR count). The molecule has 2 aromatic rings. The summed E-state index contributed by atoms with van der Waals surface area (Å²) in [6.07, 6.45) is 1.39. The number of urea groups is 1. The van der Waals surface area contributed by atoms with Crippen LogP contribution in [0, 0.1) is 0 Å². The maximum absolute atomic E-state index is 10.6. The molecule has 0 saturated heterocycles. The molecule has 1 aromatic heterocycles. The van der Waals surface area contributed by atoms with Gasteiger partial charge in [-0.2, -0.15) is 15.1 Å². The number of hydrogen-bond acceptors (Lipinski definition) is 7. The van der Waals surface area contributed by atoms with Crippen LogP contribution in [0.1, 0.15) is 5.56 Å². The molecular weight excluding hydrogens is 302 g/mol. The first-order chi connectivity index (χ1) is 11.1. The second kappa shape index (κ2) is 7.59. The normalized spacial score (nSPS) is 10.3. The molecule has 0 aliphatic rings. The van der Waals surface area contributed by atoms with Crippen molar-refractivity contribution in [3.05, 3.63) is 35.9 Å². The molecule has 0 radical (unpaired) electrons. The van der Waals surface area contributed by atoms with E-state index in [1.165, 1.54) is 26.5 Å². The van der Waals surface area contributed by atoms with Crippen LogP contribution in [-0.2, 0) is 0 Å². The van der Waals surface area contributed by atoms with Crippen LogP contribution in [0.4, 0.5) is 4.79 Å². The number of nitrogens with two attached hydrogens (primary N) is 1. The molecule has 9 heteroatoms. The van der Waals surface area contributed by atoms with Gasteiger partial charge in [0.2, 0.25) is 11.8 Å². The molecule has 0 atom stereocenters. The van der Waals surface area contributed by atoms with Crippen molar-refractivity contribution >= 4 is 12.2 Å². The Morgan fingerprint density at radius 1 is 1.22 bits per heavy atom. The number of nitrogens with one attached hydrogen (secondary N) is 1. The summed E-state index contributed by atoms with van der Waals surface area (Å²) in [6.45, 7) is 0. The molecule has 9 nitrogen and oxygen atoms in total. The van der Waals surface area contributed by atoms with Gasteiger partial charge in [-0.15, -0.1) is 0 Å². The Hall–Kier alpha value is -3.36. The SMILES string of the molecule is COc1cc(OC)nc(Oc2ccccc2/C=N/NC(N)=O)n1. The number of hydrogen-bond donors (Lipinski definition) is 2. The first-order valence-electron chi connectivity index (χ1n) is 6.45. The van der Waals surface area contributed by atoms with E-state index in [1.807, 2.05) is 0 Å². The van der Waals surface area contributed by atoms with Crippen molar-refractivity contribution in [2.45, 2.75) is 0 Å². The van der Waals surface area contributed by atoms with E-state index in [1.54, 1.807) is 24.3 Å². The van der Waals surface area contributed by atoms with Gasteiger partial charge in [0.05, 0.1) is 26.5 Å². The van der Waals surface area contributed by atoms with Crippen LogP contribution in [0.25, 0.3) is 0 Å². The molecule has 120 valence electrons. The van der Waals surface area contributed by atoms with Gasteiger partial charge in [0, 0.05) is 5.56 Å². The van der Waals surface area contributed by atoms with Crippen molar-refractivity contribution in [3.8, 4) is 23.5 Å². The molecule has 3 N–H and O–H groups in total. The molecule has 1 aromatic carbocycles. The zero-order valence-corrected chi connectivity index (χ0v) is 12.5. The monoisotopic (exact) mass is 317 g/mol. The lowest BCUT2D eigenvalue weighted by Gasteiger charge is -2.09. The number of nitrogens with zero attached hydrogens (tertiary/aromatic N) is 3. The summed E-state index contributed by atoms with van der Waals surface area (Å²) in [7, 11) is 2.95. The summed E-state index contributed by atoms with van der Waals surface area (Å²) >= 11 is 0. The van der Waals surface area contributed by atoms with Crippen molar-refractivity contribution in [1.29, 1.82) is 0 Å². The first kappa shape index (κ1) is 16.0. The smallest absolute Gasteiger partial charge is 0.332 e. The zero-order chi connectivity index (χ0) is 16.7. The number of hydrazone groups is 1. The minimum atomic E-state index is -0.763.